The van der Waals surface area contributed by atoms with Crippen molar-refractivity contribution in [3.05, 3.63) is 0 Å². The van der Waals surface area contributed by atoms with E-state index in [0.29, 0.717) is 19.3 Å². The van der Waals surface area contributed by atoms with Crippen LogP contribution in [0.3, 0.4) is 0 Å². The van der Waals surface area contributed by atoms with E-state index in [1.807, 2.05) is 0 Å². The molecule has 0 radical (unpaired) electrons. The van der Waals surface area contributed by atoms with Gasteiger partial charge in [-0.25, -0.2) is 4.79 Å². The molecule has 2 nitrogen and oxygen atoms in total. The van der Waals surface area contributed by atoms with Gasteiger partial charge in [0.1, 0.15) is 0 Å². The summed E-state index contributed by atoms with van der Waals surface area (Å²) in [5.41, 5.74) is -1.23. The Bertz CT molecular complexity index is 244. The number of halogens is 3. The SMILES string of the molecule is O=C(O)C(F)(F)C12CC(Br)(C1)C2. The molecule has 0 aliphatic heterocycles. The number of rotatable bonds is 2. The fourth-order valence-electron chi connectivity index (χ4n) is 2.22. The first-order valence-electron chi connectivity index (χ1n) is 3.62. The van der Waals surface area contributed by atoms with Gasteiger partial charge in [0.25, 0.3) is 0 Å². The Kier molecular flexibility index (Phi) is 1.29. The molecule has 2 bridgehead atoms. The van der Waals surface area contributed by atoms with Crippen LogP contribution in [0.4, 0.5) is 8.78 Å². The van der Waals surface area contributed by atoms with Crippen molar-refractivity contribution >= 4 is 21.9 Å². The van der Waals surface area contributed by atoms with E-state index in [0.717, 1.165) is 0 Å². The molecule has 0 heterocycles. The van der Waals surface area contributed by atoms with E-state index >= 15 is 0 Å². The first kappa shape index (κ1) is 8.41. The summed E-state index contributed by atoms with van der Waals surface area (Å²) in [6.07, 6.45) is 0.873. The van der Waals surface area contributed by atoms with Gasteiger partial charge < -0.3 is 5.11 Å². The van der Waals surface area contributed by atoms with E-state index in [4.69, 9.17) is 5.11 Å². The van der Waals surface area contributed by atoms with E-state index in [-0.39, 0.29) is 4.32 Å². The maximum absolute atomic E-state index is 13.0. The summed E-state index contributed by atoms with van der Waals surface area (Å²) >= 11 is 3.28. The number of carboxylic acids is 1. The number of carboxylic acid groups (broad SMARTS) is 1. The minimum atomic E-state index is -3.54. The van der Waals surface area contributed by atoms with Gasteiger partial charge >= 0.3 is 11.9 Å². The molecule has 12 heavy (non-hydrogen) atoms. The summed E-state index contributed by atoms with van der Waals surface area (Å²) in [6.45, 7) is 0. The van der Waals surface area contributed by atoms with E-state index in [1.54, 1.807) is 0 Å². The monoisotopic (exact) mass is 240 g/mol. The van der Waals surface area contributed by atoms with Gasteiger partial charge in [0.2, 0.25) is 0 Å². The van der Waals surface area contributed by atoms with E-state index in [2.05, 4.69) is 15.9 Å². The molecule has 3 aliphatic carbocycles. The second kappa shape index (κ2) is 1.84. The van der Waals surface area contributed by atoms with Gasteiger partial charge in [0.05, 0.1) is 0 Å². The molecule has 0 aromatic rings. The van der Waals surface area contributed by atoms with E-state index in [9.17, 15) is 13.6 Å². The van der Waals surface area contributed by atoms with Crippen LogP contribution in [-0.4, -0.2) is 21.3 Å². The molecular weight excluding hydrogens is 234 g/mol. The second-order valence-electron chi connectivity index (χ2n) is 3.84. The minimum Gasteiger partial charge on any atom is -0.477 e. The molecule has 0 spiro atoms. The Morgan fingerprint density at radius 2 is 1.83 bits per heavy atom. The molecule has 0 aromatic heterocycles. The lowest BCUT2D eigenvalue weighted by molar-refractivity contribution is -0.249. The molecule has 1 N–H and O–H groups in total. The lowest BCUT2D eigenvalue weighted by Crippen LogP contribution is -2.72. The van der Waals surface area contributed by atoms with Crippen molar-refractivity contribution in [2.75, 3.05) is 0 Å². The van der Waals surface area contributed by atoms with Crippen LogP contribution in [0.15, 0.2) is 0 Å². The molecule has 0 saturated heterocycles. The van der Waals surface area contributed by atoms with Gasteiger partial charge in [-0.3, -0.25) is 0 Å². The fraction of sp³-hybridized carbons (Fsp3) is 0.857. The van der Waals surface area contributed by atoms with E-state index in [1.165, 1.54) is 0 Å². The molecule has 5 heteroatoms. The molecular formula is C7H7BrF2O2. The number of alkyl halides is 3. The van der Waals surface area contributed by atoms with Crippen molar-refractivity contribution in [3.63, 3.8) is 0 Å². The van der Waals surface area contributed by atoms with Gasteiger partial charge in [-0.15, -0.1) is 0 Å². The lowest BCUT2D eigenvalue weighted by atomic mass is 9.42. The summed E-state index contributed by atoms with van der Waals surface area (Å²) in [4.78, 5) is 10.2. The molecule has 0 aromatic carbocycles. The maximum atomic E-state index is 13.0. The zero-order chi connectivity index (χ0) is 9.20. The van der Waals surface area contributed by atoms with Gasteiger partial charge in [-0.05, 0) is 19.3 Å². The van der Waals surface area contributed by atoms with Crippen LogP contribution in [-0.2, 0) is 4.79 Å². The average molecular weight is 241 g/mol. The first-order valence-corrected chi connectivity index (χ1v) is 4.41. The molecule has 0 atom stereocenters. The smallest absolute Gasteiger partial charge is 0.375 e. The Morgan fingerprint density at radius 1 is 1.42 bits per heavy atom. The molecule has 0 unspecified atom stereocenters. The van der Waals surface area contributed by atoms with Crippen molar-refractivity contribution in [1.82, 2.24) is 0 Å². The average Bonchev–Trinajstić information content (AvgIpc) is 1.78. The van der Waals surface area contributed by atoms with Crippen molar-refractivity contribution in [2.24, 2.45) is 5.41 Å². The van der Waals surface area contributed by atoms with Crippen molar-refractivity contribution in [1.29, 1.82) is 0 Å². The van der Waals surface area contributed by atoms with Gasteiger partial charge in [-0.1, -0.05) is 15.9 Å². The molecule has 3 saturated carbocycles. The maximum Gasteiger partial charge on any atom is 0.375 e. The quantitative estimate of drug-likeness (QED) is 0.751. The normalized spacial score (nSPS) is 44.6. The Balaban J connectivity index is 2.17. The zero-order valence-corrected chi connectivity index (χ0v) is 7.70. The first-order chi connectivity index (χ1) is 5.31. The third kappa shape index (κ3) is 0.707. The topological polar surface area (TPSA) is 37.3 Å². The minimum absolute atomic E-state index is 0.161. The Labute approximate surface area is 76.1 Å². The molecule has 3 fully saturated rings. The van der Waals surface area contributed by atoms with E-state index < -0.39 is 17.3 Å². The van der Waals surface area contributed by atoms with Crippen molar-refractivity contribution in [2.45, 2.75) is 29.5 Å². The number of hydrogen-bond acceptors (Lipinski definition) is 1. The van der Waals surface area contributed by atoms with Crippen LogP contribution in [0.5, 0.6) is 0 Å². The van der Waals surface area contributed by atoms with Crippen LogP contribution in [0.1, 0.15) is 19.3 Å². The fourth-order valence-corrected chi connectivity index (χ4v) is 3.83. The van der Waals surface area contributed by atoms with Crippen LogP contribution in [0.25, 0.3) is 0 Å². The number of hydrogen-bond donors (Lipinski definition) is 1. The molecule has 3 aliphatic rings. The highest BCUT2D eigenvalue weighted by atomic mass is 79.9. The Hall–Kier alpha value is -0.190. The third-order valence-electron chi connectivity index (χ3n) is 2.90. The predicted octanol–water partition coefficient (Wildman–Crippen LogP) is 2.02. The summed E-state index contributed by atoms with van der Waals surface area (Å²) in [5, 5.41) is 8.29. The van der Waals surface area contributed by atoms with Crippen LogP contribution >= 0.6 is 15.9 Å². The van der Waals surface area contributed by atoms with Crippen LogP contribution in [0, 0.1) is 5.41 Å². The largest absolute Gasteiger partial charge is 0.477 e. The zero-order valence-electron chi connectivity index (χ0n) is 6.11. The van der Waals surface area contributed by atoms with Crippen LogP contribution in [0.2, 0.25) is 0 Å². The summed E-state index contributed by atoms with van der Waals surface area (Å²) in [6, 6.07) is 0. The predicted molar refractivity (Wildman–Crippen MR) is 40.5 cm³/mol. The second-order valence-corrected chi connectivity index (χ2v) is 5.52. The molecule has 68 valence electrons. The standard InChI is InChI=1S/C7H7BrF2O2/c8-6-1-5(2-6,3-6)7(9,10)4(11)12/h1-3H2,(H,11,12). The van der Waals surface area contributed by atoms with Gasteiger partial charge in [-0.2, -0.15) is 8.78 Å². The van der Waals surface area contributed by atoms with Gasteiger partial charge in [0.15, 0.2) is 0 Å². The third-order valence-corrected chi connectivity index (χ3v) is 3.74. The highest BCUT2D eigenvalue weighted by Gasteiger charge is 2.79. The Morgan fingerprint density at radius 3 is 2.08 bits per heavy atom. The highest BCUT2D eigenvalue weighted by molar-refractivity contribution is 9.10. The van der Waals surface area contributed by atoms with Crippen molar-refractivity contribution in [3.8, 4) is 0 Å². The number of carbonyl (C=O) groups is 1. The molecule has 0 amide bonds. The molecule has 3 rings (SSSR count). The number of aliphatic carboxylic acids is 1. The lowest BCUT2D eigenvalue weighted by Gasteiger charge is -2.68. The van der Waals surface area contributed by atoms with Crippen molar-refractivity contribution < 1.29 is 18.7 Å². The van der Waals surface area contributed by atoms with Gasteiger partial charge in [0, 0.05) is 9.74 Å². The summed E-state index contributed by atoms with van der Waals surface area (Å²) in [5.74, 6) is -5.53. The summed E-state index contributed by atoms with van der Waals surface area (Å²) < 4.78 is 25.8. The van der Waals surface area contributed by atoms with Crippen LogP contribution < -0.4 is 0 Å². The summed E-state index contributed by atoms with van der Waals surface area (Å²) in [7, 11) is 0. The highest BCUT2D eigenvalue weighted by Crippen LogP contribution is 2.76.